The van der Waals surface area contributed by atoms with Gasteiger partial charge < -0.3 is 0 Å². The van der Waals surface area contributed by atoms with E-state index in [0.717, 1.165) is 11.3 Å². The van der Waals surface area contributed by atoms with Gasteiger partial charge in [0.05, 0.1) is 0 Å². The summed E-state index contributed by atoms with van der Waals surface area (Å²) in [5.74, 6) is 0. The minimum absolute atomic E-state index is 0.494. The van der Waals surface area contributed by atoms with Crippen LogP contribution in [-0.2, 0) is 7.05 Å². The molecule has 0 bridgehead atoms. The lowest BCUT2D eigenvalue weighted by Gasteiger charge is -1.92. The van der Waals surface area contributed by atoms with Crippen molar-refractivity contribution in [3.63, 3.8) is 0 Å². The van der Waals surface area contributed by atoms with Crippen LogP contribution in [0.15, 0.2) is 6.08 Å². The third kappa shape index (κ3) is 1.24. The maximum Gasteiger partial charge on any atom is 0.169 e. The van der Waals surface area contributed by atoms with Crippen LogP contribution in [0.25, 0.3) is 6.08 Å². The zero-order chi connectivity index (χ0) is 9.14. The van der Waals surface area contributed by atoms with Gasteiger partial charge in [0.2, 0.25) is 0 Å². The largest absolute Gasteiger partial charge is 0.271 e. The minimum atomic E-state index is 0.494. The highest BCUT2D eigenvalue weighted by atomic mass is 15.3. The summed E-state index contributed by atoms with van der Waals surface area (Å²) in [5, 5.41) is 12.8. The van der Waals surface area contributed by atoms with E-state index < -0.39 is 0 Å². The molecule has 0 aliphatic heterocycles. The summed E-state index contributed by atoms with van der Waals surface area (Å²) in [6.07, 6.45) is 3.81. The summed E-state index contributed by atoms with van der Waals surface area (Å²) in [6, 6.07) is 2.06. The van der Waals surface area contributed by atoms with Crippen molar-refractivity contribution in [1.82, 2.24) is 9.78 Å². The van der Waals surface area contributed by atoms with E-state index in [1.807, 2.05) is 33.0 Å². The van der Waals surface area contributed by atoms with E-state index in [9.17, 15) is 0 Å². The van der Waals surface area contributed by atoms with Crippen LogP contribution < -0.4 is 0 Å². The summed E-state index contributed by atoms with van der Waals surface area (Å²) in [4.78, 5) is 0. The van der Waals surface area contributed by atoms with Crippen molar-refractivity contribution < 1.29 is 0 Å². The molecule has 3 heteroatoms. The molecule has 0 fully saturated rings. The van der Waals surface area contributed by atoms with E-state index >= 15 is 0 Å². The highest BCUT2D eigenvalue weighted by Gasteiger charge is 2.08. The second kappa shape index (κ2) is 3.22. The Kier molecular flexibility index (Phi) is 2.29. The molecule has 0 aromatic carbocycles. The topological polar surface area (TPSA) is 41.6 Å². The first-order chi connectivity index (χ1) is 5.70. The Balaban J connectivity index is 3.33. The van der Waals surface area contributed by atoms with Crippen LogP contribution in [0.1, 0.15) is 23.9 Å². The molecule has 0 N–H and O–H groups in total. The first-order valence-corrected chi connectivity index (χ1v) is 3.77. The maximum atomic E-state index is 8.72. The number of nitriles is 1. The molecule has 0 atom stereocenters. The maximum absolute atomic E-state index is 8.72. The molecule has 62 valence electrons. The smallest absolute Gasteiger partial charge is 0.169 e. The molecule has 0 spiro atoms. The fourth-order valence-corrected chi connectivity index (χ4v) is 1.07. The monoisotopic (exact) mass is 161 g/mol. The van der Waals surface area contributed by atoms with Gasteiger partial charge in [0.25, 0.3) is 0 Å². The van der Waals surface area contributed by atoms with Gasteiger partial charge in [0.1, 0.15) is 6.07 Å². The Morgan fingerprint density at radius 3 is 2.75 bits per heavy atom. The summed E-state index contributed by atoms with van der Waals surface area (Å²) in [6.45, 7) is 3.87. The predicted molar refractivity (Wildman–Crippen MR) is 47.4 cm³/mol. The number of aryl methyl sites for hydroxylation is 1. The molecule has 12 heavy (non-hydrogen) atoms. The first kappa shape index (κ1) is 8.54. The molecule has 0 saturated heterocycles. The van der Waals surface area contributed by atoms with Crippen molar-refractivity contribution in [3.05, 3.63) is 23.0 Å². The molecule has 0 amide bonds. The number of rotatable bonds is 1. The third-order valence-corrected chi connectivity index (χ3v) is 1.82. The Morgan fingerprint density at radius 2 is 2.25 bits per heavy atom. The van der Waals surface area contributed by atoms with Crippen LogP contribution in [0.3, 0.4) is 0 Å². The van der Waals surface area contributed by atoms with Crippen molar-refractivity contribution in [1.29, 1.82) is 5.26 Å². The van der Waals surface area contributed by atoms with E-state index in [0.29, 0.717) is 5.69 Å². The number of aromatic nitrogens is 2. The van der Waals surface area contributed by atoms with Crippen molar-refractivity contribution in [3.8, 4) is 6.07 Å². The normalized spacial score (nSPS) is 10.5. The van der Waals surface area contributed by atoms with Crippen LogP contribution in [0.2, 0.25) is 0 Å². The predicted octanol–water partition coefficient (Wildman–Crippen LogP) is 1.63. The Hall–Kier alpha value is -1.56. The molecule has 0 aliphatic rings. The zero-order valence-corrected chi connectivity index (χ0v) is 7.50. The molecule has 1 aromatic rings. The Morgan fingerprint density at radius 1 is 1.58 bits per heavy atom. The van der Waals surface area contributed by atoms with E-state index in [1.54, 1.807) is 4.68 Å². The molecule has 0 unspecified atom stereocenters. The second-order valence-electron chi connectivity index (χ2n) is 2.58. The molecule has 1 rings (SSSR count). The van der Waals surface area contributed by atoms with E-state index in [2.05, 4.69) is 11.2 Å². The van der Waals surface area contributed by atoms with Gasteiger partial charge in [-0.15, -0.1) is 0 Å². The molecule has 1 aromatic heterocycles. The van der Waals surface area contributed by atoms with Crippen LogP contribution in [0.5, 0.6) is 0 Å². The van der Waals surface area contributed by atoms with E-state index in [4.69, 9.17) is 5.26 Å². The average Bonchev–Trinajstić information content (AvgIpc) is 2.33. The lowest BCUT2D eigenvalue weighted by molar-refractivity contribution is 0.736. The Bertz CT molecular complexity index is 353. The Labute approximate surface area is 71.9 Å². The summed E-state index contributed by atoms with van der Waals surface area (Å²) >= 11 is 0. The van der Waals surface area contributed by atoms with Gasteiger partial charge in [-0.05, 0) is 13.8 Å². The fourth-order valence-electron chi connectivity index (χ4n) is 1.07. The van der Waals surface area contributed by atoms with E-state index in [-0.39, 0.29) is 0 Å². The average molecular weight is 161 g/mol. The highest BCUT2D eigenvalue weighted by molar-refractivity contribution is 5.57. The first-order valence-electron chi connectivity index (χ1n) is 3.77. The van der Waals surface area contributed by atoms with Gasteiger partial charge in [0, 0.05) is 18.3 Å². The summed E-state index contributed by atoms with van der Waals surface area (Å²) in [5.41, 5.74) is 2.43. The van der Waals surface area contributed by atoms with Crippen LogP contribution in [0.4, 0.5) is 0 Å². The number of nitrogens with zero attached hydrogens (tertiary/aromatic N) is 3. The van der Waals surface area contributed by atoms with Gasteiger partial charge in [-0.1, -0.05) is 12.2 Å². The van der Waals surface area contributed by atoms with Gasteiger partial charge in [0.15, 0.2) is 5.69 Å². The number of hydrogen-bond donors (Lipinski definition) is 0. The van der Waals surface area contributed by atoms with Gasteiger partial charge in [-0.25, -0.2) is 0 Å². The second-order valence-corrected chi connectivity index (χ2v) is 2.58. The standard InChI is InChI=1S/C9H11N3/c1-4-5-8-7(2)12(3)11-9(8)6-10/h4-5H,1-3H3/b5-4+. The number of hydrogen-bond acceptors (Lipinski definition) is 2. The van der Waals surface area contributed by atoms with Crippen molar-refractivity contribution in [2.24, 2.45) is 7.05 Å². The molecule has 1 heterocycles. The lowest BCUT2D eigenvalue weighted by atomic mass is 10.2. The minimum Gasteiger partial charge on any atom is -0.271 e. The molecule has 0 radical (unpaired) electrons. The van der Waals surface area contributed by atoms with Crippen LogP contribution in [0, 0.1) is 18.3 Å². The van der Waals surface area contributed by atoms with Gasteiger partial charge >= 0.3 is 0 Å². The summed E-state index contributed by atoms with van der Waals surface area (Å²) in [7, 11) is 1.84. The highest BCUT2D eigenvalue weighted by Crippen LogP contribution is 2.13. The molecule has 0 aliphatic carbocycles. The van der Waals surface area contributed by atoms with Crippen molar-refractivity contribution in [2.75, 3.05) is 0 Å². The fraction of sp³-hybridized carbons (Fsp3) is 0.333. The molecule has 3 nitrogen and oxygen atoms in total. The lowest BCUT2D eigenvalue weighted by Crippen LogP contribution is -1.92. The van der Waals surface area contributed by atoms with Gasteiger partial charge in [-0.3, -0.25) is 4.68 Å². The summed E-state index contributed by atoms with van der Waals surface area (Å²) < 4.78 is 1.72. The van der Waals surface area contributed by atoms with Gasteiger partial charge in [-0.2, -0.15) is 10.4 Å². The molecular formula is C9H11N3. The van der Waals surface area contributed by atoms with E-state index in [1.165, 1.54) is 0 Å². The quantitative estimate of drug-likeness (QED) is 0.628. The number of allylic oxidation sites excluding steroid dienone is 1. The van der Waals surface area contributed by atoms with Crippen LogP contribution >= 0.6 is 0 Å². The zero-order valence-electron chi connectivity index (χ0n) is 7.50. The molecular weight excluding hydrogens is 150 g/mol. The molecule has 0 saturated carbocycles. The third-order valence-electron chi connectivity index (χ3n) is 1.82. The van der Waals surface area contributed by atoms with Crippen LogP contribution in [-0.4, -0.2) is 9.78 Å². The SMILES string of the molecule is C/C=C/c1c(C#N)nn(C)c1C. The van der Waals surface area contributed by atoms with Crippen molar-refractivity contribution >= 4 is 6.08 Å². The van der Waals surface area contributed by atoms with Crippen molar-refractivity contribution in [2.45, 2.75) is 13.8 Å².